The number of hydrogen-bond donors (Lipinski definition) is 1. The van der Waals surface area contributed by atoms with E-state index in [2.05, 4.69) is 10.3 Å². The van der Waals surface area contributed by atoms with Gasteiger partial charge in [0.2, 0.25) is 0 Å². The van der Waals surface area contributed by atoms with Gasteiger partial charge in [-0.05, 0) is 50.5 Å². The summed E-state index contributed by atoms with van der Waals surface area (Å²) in [5, 5.41) is 3.07. The van der Waals surface area contributed by atoms with Crippen LogP contribution in [0.15, 0.2) is 29.3 Å². The first-order valence-corrected chi connectivity index (χ1v) is 12.1. The zero-order chi connectivity index (χ0) is 25.8. The standard InChI is InChI=1S/C25H25ClF4N4O2/c1-13-11-24(7-8-34(13)19-10-15(26)9-18(27)17(19)12-36-2)23(35)32-22(33-24)16-5-6-20(25(28,29)30)31-21(16)14-3-4-14/h5-6,9-10,13-14H,3-4,7-8,11-12H2,1-2H3,(H,32,33,35)/t13-,24+/m0/s1. The Morgan fingerprint density at radius 2 is 2.03 bits per heavy atom. The summed E-state index contributed by atoms with van der Waals surface area (Å²) in [6.07, 6.45) is -2.36. The quantitative estimate of drug-likeness (QED) is 0.545. The van der Waals surface area contributed by atoms with Crippen molar-refractivity contribution in [3.8, 4) is 0 Å². The van der Waals surface area contributed by atoms with Crippen molar-refractivity contribution in [2.24, 2.45) is 4.99 Å². The van der Waals surface area contributed by atoms with Crippen LogP contribution in [0.2, 0.25) is 5.02 Å². The Balaban J connectivity index is 1.45. The summed E-state index contributed by atoms with van der Waals surface area (Å²) in [7, 11) is 1.48. The van der Waals surface area contributed by atoms with Crippen molar-refractivity contribution in [2.75, 3.05) is 18.6 Å². The molecule has 192 valence electrons. The lowest BCUT2D eigenvalue weighted by molar-refractivity contribution is -0.141. The summed E-state index contributed by atoms with van der Waals surface area (Å²) >= 11 is 6.13. The highest BCUT2D eigenvalue weighted by Crippen LogP contribution is 2.44. The molecule has 0 radical (unpaired) electrons. The minimum Gasteiger partial charge on any atom is -0.380 e. The lowest BCUT2D eigenvalue weighted by Crippen LogP contribution is -2.53. The molecule has 36 heavy (non-hydrogen) atoms. The molecular weight excluding hydrogens is 500 g/mol. The molecule has 2 atom stereocenters. The van der Waals surface area contributed by atoms with Crippen molar-refractivity contribution < 1.29 is 27.1 Å². The van der Waals surface area contributed by atoms with E-state index in [1.807, 2.05) is 11.8 Å². The van der Waals surface area contributed by atoms with Crippen LogP contribution in [0.3, 0.4) is 0 Å². The molecule has 3 aliphatic rings. The molecule has 1 spiro atoms. The van der Waals surface area contributed by atoms with Crippen LogP contribution in [0.5, 0.6) is 0 Å². The highest BCUT2D eigenvalue weighted by atomic mass is 35.5. The Kier molecular flexibility index (Phi) is 6.23. The molecule has 1 aliphatic carbocycles. The summed E-state index contributed by atoms with van der Waals surface area (Å²) in [5.74, 6) is -0.568. The summed E-state index contributed by atoms with van der Waals surface area (Å²) in [6, 6.07) is 5.01. The maximum Gasteiger partial charge on any atom is 0.433 e. The first-order chi connectivity index (χ1) is 17.0. The number of anilines is 1. The highest BCUT2D eigenvalue weighted by Gasteiger charge is 2.49. The van der Waals surface area contributed by atoms with Crippen LogP contribution in [0.25, 0.3) is 0 Å². The van der Waals surface area contributed by atoms with Gasteiger partial charge >= 0.3 is 6.18 Å². The van der Waals surface area contributed by atoms with Crippen LogP contribution in [-0.2, 0) is 22.3 Å². The van der Waals surface area contributed by atoms with Crippen LogP contribution in [0, 0.1) is 5.82 Å². The summed E-state index contributed by atoms with van der Waals surface area (Å²) in [5.41, 5.74) is -0.261. The molecule has 2 aromatic rings. The number of ether oxygens (including phenoxy) is 1. The van der Waals surface area contributed by atoms with E-state index in [1.54, 1.807) is 6.07 Å². The molecule has 11 heteroatoms. The average Bonchev–Trinajstić information content (AvgIpc) is 3.60. The maximum atomic E-state index is 14.6. The highest BCUT2D eigenvalue weighted by molar-refractivity contribution is 6.30. The third-order valence-corrected chi connectivity index (χ3v) is 7.30. The van der Waals surface area contributed by atoms with E-state index in [9.17, 15) is 22.4 Å². The van der Waals surface area contributed by atoms with Crippen molar-refractivity contribution in [3.05, 3.63) is 57.6 Å². The predicted octanol–water partition coefficient (Wildman–Crippen LogP) is 5.22. The van der Waals surface area contributed by atoms with Crippen LogP contribution in [-0.4, -0.2) is 42.0 Å². The number of pyridine rings is 1. The molecule has 0 unspecified atom stereocenters. The number of nitrogens with one attached hydrogen (secondary N) is 1. The van der Waals surface area contributed by atoms with Gasteiger partial charge in [-0.2, -0.15) is 13.2 Å². The number of carbonyl (C=O) groups is 1. The molecule has 1 saturated heterocycles. The van der Waals surface area contributed by atoms with Gasteiger partial charge in [-0.15, -0.1) is 0 Å². The summed E-state index contributed by atoms with van der Waals surface area (Å²) < 4.78 is 59.6. The molecule has 2 fully saturated rings. The first-order valence-electron chi connectivity index (χ1n) is 11.8. The van der Waals surface area contributed by atoms with E-state index >= 15 is 0 Å². The third kappa shape index (κ3) is 4.45. The lowest BCUT2D eigenvalue weighted by Gasteiger charge is -2.42. The molecule has 1 amide bonds. The topological polar surface area (TPSA) is 66.8 Å². The van der Waals surface area contributed by atoms with Crippen molar-refractivity contribution in [1.82, 2.24) is 10.3 Å². The van der Waals surface area contributed by atoms with Gasteiger partial charge in [-0.3, -0.25) is 9.79 Å². The first kappa shape index (κ1) is 25.0. The lowest BCUT2D eigenvalue weighted by atomic mass is 9.83. The summed E-state index contributed by atoms with van der Waals surface area (Å²) in [4.78, 5) is 23.8. The van der Waals surface area contributed by atoms with Gasteiger partial charge in [0.1, 0.15) is 22.9 Å². The van der Waals surface area contributed by atoms with Gasteiger partial charge in [-0.1, -0.05) is 11.6 Å². The van der Waals surface area contributed by atoms with Crippen LogP contribution in [0.1, 0.15) is 61.0 Å². The normalized spacial score (nSPS) is 24.3. The molecule has 0 bridgehead atoms. The van der Waals surface area contributed by atoms with Gasteiger partial charge in [0.25, 0.3) is 5.91 Å². The monoisotopic (exact) mass is 524 g/mol. The zero-order valence-corrected chi connectivity index (χ0v) is 20.5. The maximum absolute atomic E-state index is 14.6. The number of nitrogens with zero attached hydrogens (tertiary/aromatic N) is 3. The number of methoxy groups -OCH3 is 1. The van der Waals surface area contributed by atoms with Crippen LogP contribution < -0.4 is 10.2 Å². The fourth-order valence-electron chi connectivity index (χ4n) is 5.17. The van der Waals surface area contributed by atoms with Gasteiger partial charge in [0.05, 0.1) is 12.3 Å². The summed E-state index contributed by atoms with van der Waals surface area (Å²) in [6.45, 7) is 2.40. The minimum absolute atomic E-state index is 0.0698. The fraction of sp³-hybridized carbons (Fsp3) is 0.480. The Bertz CT molecular complexity index is 1250. The number of piperidine rings is 1. The molecule has 3 heterocycles. The molecule has 1 aromatic heterocycles. The van der Waals surface area contributed by atoms with Crippen molar-refractivity contribution in [2.45, 2.75) is 62.9 Å². The molecule has 1 aromatic carbocycles. The smallest absolute Gasteiger partial charge is 0.380 e. The molecule has 2 aliphatic heterocycles. The number of aliphatic imine (C=N–C) groups is 1. The molecule has 5 rings (SSSR count). The SMILES string of the molecule is COCc1c(F)cc(Cl)cc1N1CC[C@]2(C[C@@H]1C)N=C(c1ccc(C(F)(F)F)nc1C1CC1)NC2=O. The van der Waals surface area contributed by atoms with Crippen molar-refractivity contribution in [1.29, 1.82) is 0 Å². The van der Waals surface area contributed by atoms with Crippen LogP contribution in [0.4, 0.5) is 23.2 Å². The second kappa shape index (κ2) is 8.99. The third-order valence-electron chi connectivity index (χ3n) is 7.08. The Hall–Kier alpha value is -2.72. The van der Waals surface area contributed by atoms with Gasteiger partial charge in [0.15, 0.2) is 0 Å². The second-order valence-electron chi connectivity index (χ2n) is 9.66. The number of aromatic nitrogens is 1. The number of carbonyl (C=O) groups excluding carboxylic acids is 1. The number of amidine groups is 1. The van der Waals surface area contributed by atoms with Gasteiger partial charge < -0.3 is 15.0 Å². The zero-order valence-electron chi connectivity index (χ0n) is 19.8. The van der Waals surface area contributed by atoms with Gasteiger partial charge in [0, 0.05) is 53.9 Å². The molecule has 1 saturated carbocycles. The largest absolute Gasteiger partial charge is 0.433 e. The molecular formula is C25H25ClF4N4O2. The number of halogens is 5. The minimum atomic E-state index is -4.55. The number of rotatable bonds is 5. The van der Waals surface area contributed by atoms with Crippen molar-refractivity contribution >= 4 is 29.0 Å². The van der Waals surface area contributed by atoms with E-state index in [0.717, 1.165) is 18.9 Å². The van der Waals surface area contributed by atoms with Crippen LogP contribution >= 0.6 is 11.6 Å². The van der Waals surface area contributed by atoms with Gasteiger partial charge in [-0.25, -0.2) is 9.37 Å². The predicted molar refractivity (Wildman–Crippen MR) is 127 cm³/mol. The van der Waals surface area contributed by atoms with E-state index in [4.69, 9.17) is 21.3 Å². The fourth-order valence-corrected chi connectivity index (χ4v) is 5.37. The van der Waals surface area contributed by atoms with E-state index in [-0.39, 0.29) is 35.3 Å². The van der Waals surface area contributed by atoms with Crippen molar-refractivity contribution in [3.63, 3.8) is 0 Å². The number of amides is 1. The van der Waals surface area contributed by atoms with E-state index in [1.165, 1.54) is 19.2 Å². The Labute approximate surface area is 210 Å². The van der Waals surface area contributed by atoms with E-state index < -0.39 is 23.2 Å². The molecule has 1 N–H and O–H groups in total. The number of alkyl halides is 3. The Morgan fingerprint density at radius 1 is 1.28 bits per heavy atom. The average molecular weight is 525 g/mol. The van der Waals surface area contributed by atoms with E-state index in [0.29, 0.717) is 41.9 Å². The molecule has 6 nitrogen and oxygen atoms in total. The number of hydrogen-bond acceptors (Lipinski definition) is 5. The Morgan fingerprint density at radius 3 is 2.67 bits per heavy atom. The number of benzene rings is 1. The second-order valence-corrected chi connectivity index (χ2v) is 10.1.